The molecule has 1 heterocycles. The van der Waals surface area contributed by atoms with Gasteiger partial charge in [-0.25, -0.2) is 13.6 Å². The lowest BCUT2D eigenvalue weighted by Gasteiger charge is -2.39. The van der Waals surface area contributed by atoms with Gasteiger partial charge in [0.2, 0.25) is 0 Å². The Kier molecular flexibility index (Phi) is 4.21. The van der Waals surface area contributed by atoms with E-state index in [9.17, 15) is 13.6 Å². The molecule has 1 unspecified atom stereocenters. The number of piperidine rings is 1. The van der Waals surface area contributed by atoms with Crippen molar-refractivity contribution in [2.75, 3.05) is 13.1 Å². The topological polar surface area (TPSA) is 29.5 Å². The maximum Gasteiger partial charge on any atom is 0.410 e. The van der Waals surface area contributed by atoms with Gasteiger partial charge in [0.25, 0.3) is 5.92 Å². The summed E-state index contributed by atoms with van der Waals surface area (Å²) in [5, 5.41) is 0. The fourth-order valence-corrected chi connectivity index (χ4v) is 2.43. The molecule has 0 N–H and O–H groups in total. The van der Waals surface area contributed by atoms with E-state index in [1.54, 1.807) is 51.1 Å². The zero-order valence-corrected chi connectivity index (χ0v) is 12.6. The third-order valence-electron chi connectivity index (χ3n) is 3.48. The maximum atomic E-state index is 14.2. The summed E-state index contributed by atoms with van der Waals surface area (Å²) in [6.45, 7) is 5.28. The van der Waals surface area contributed by atoms with E-state index in [0.717, 1.165) is 0 Å². The Morgan fingerprint density at radius 2 is 1.90 bits per heavy atom. The lowest BCUT2D eigenvalue weighted by molar-refractivity contribution is -0.0770. The summed E-state index contributed by atoms with van der Waals surface area (Å²) in [5.74, 6) is -3.79. The average Bonchev–Trinajstić information content (AvgIpc) is 2.37. The summed E-state index contributed by atoms with van der Waals surface area (Å²) < 4.78 is 33.6. The van der Waals surface area contributed by atoms with Crippen molar-refractivity contribution in [3.05, 3.63) is 35.9 Å². The third-order valence-corrected chi connectivity index (χ3v) is 3.48. The normalized spacial score (nSPS) is 22.0. The van der Waals surface area contributed by atoms with Crippen molar-refractivity contribution < 1.29 is 18.3 Å². The molecule has 0 aliphatic carbocycles. The molecule has 0 spiro atoms. The van der Waals surface area contributed by atoms with Gasteiger partial charge in [-0.15, -0.1) is 0 Å². The fourth-order valence-electron chi connectivity index (χ4n) is 2.43. The minimum Gasteiger partial charge on any atom is -0.444 e. The number of rotatable bonds is 1. The molecular formula is C16H21F2NO2. The quantitative estimate of drug-likeness (QED) is 0.782. The summed E-state index contributed by atoms with van der Waals surface area (Å²) >= 11 is 0. The molecule has 1 atom stereocenters. The van der Waals surface area contributed by atoms with Crippen molar-refractivity contribution in [3.63, 3.8) is 0 Å². The molecule has 0 saturated carbocycles. The minimum atomic E-state index is -2.81. The highest BCUT2D eigenvalue weighted by atomic mass is 19.3. The van der Waals surface area contributed by atoms with Crippen LogP contribution in [0.15, 0.2) is 30.3 Å². The summed E-state index contributed by atoms with van der Waals surface area (Å²) in [7, 11) is 0. The Hall–Kier alpha value is -1.65. The van der Waals surface area contributed by atoms with Gasteiger partial charge in [0, 0.05) is 19.5 Å². The Balaban J connectivity index is 2.15. The van der Waals surface area contributed by atoms with Crippen molar-refractivity contribution in [3.8, 4) is 0 Å². The van der Waals surface area contributed by atoms with Crippen LogP contribution in [0.25, 0.3) is 0 Å². The molecule has 116 valence electrons. The van der Waals surface area contributed by atoms with Gasteiger partial charge in [0.05, 0.1) is 5.92 Å². The van der Waals surface area contributed by atoms with Crippen LogP contribution in [0, 0.1) is 0 Å². The SMILES string of the molecule is CC(C)(C)OC(=O)N1CCC(F)(F)C(c2ccccc2)C1. The van der Waals surface area contributed by atoms with Crippen molar-refractivity contribution in [1.29, 1.82) is 0 Å². The second kappa shape index (κ2) is 5.62. The van der Waals surface area contributed by atoms with Gasteiger partial charge < -0.3 is 9.64 Å². The molecule has 1 aromatic carbocycles. The van der Waals surface area contributed by atoms with E-state index < -0.39 is 23.5 Å². The van der Waals surface area contributed by atoms with Gasteiger partial charge in [0.1, 0.15) is 5.60 Å². The minimum absolute atomic E-state index is 0.0191. The molecule has 1 aliphatic heterocycles. The molecule has 1 fully saturated rings. The van der Waals surface area contributed by atoms with Gasteiger partial charge >= 0.3 is 6.09 Å². The predicted octanol–water partition coefficient (Wildman–Crippen LogP) is 4.05. The summed E-state index contributed by atoms with van der Waals surface area (Å²) in [5.41, 5.74) is -0.0741. The molecule has 0 aromatic heterocycles. The van der Waals surface area contributed by atoms with Gasteiger partial charge in [-0.2, -0.15) is 0 Å². The second-order valence-electron chi connectivity index (χ2n) is 6.40. The van der Waals surface area contributed by atoms with E-state index in [4.69, 9.17) is 4.74 Å². The van der Waals surface area contributed by atoms with E-state index in [-0.39, 0.29) is 19.5 Å². The Labute approximate surface area is 123 Å². The van der Waals surface area contributed by atoms with Crippen molar-refractivity contribution in [2.24, 2.45) is 0 Å². The van der Waals surface area contributed by atoms with Crippen molar-refractivity contribution in [2.45, 2.75) is 44.6 Å². The molecule has 0 radical (unpaired) electrons. The first-order valence-electron chi connectivity index (χ1n) is 7.10. The lowest BCUT2D eigenvalue weighted by atomic mass is 9.87. The second-order valence-corrected chi connectivity index (χ2v) is 6.40. The molecule has 21 heavy (non-hydrogen) atoms. The molecule has 0 bridgehead atoms. The van der Waals surface area contributed by atoms with E-state index >= 15 is 0 Å². The predicted molar refractivity (Wildman–Crippen MR) is 76.6 cm³/mol. The van der Waals surface area contributed by atoms with Crippen LogP contribution >= 0.6 is 0 Å². The van der Waals surface area contributed by atoms with E-state index in [1.807, 2.05) is 0 Å². The monoisotopic (exact) mass is 297 g/mol. The number of hydrogen-bond acceptors (Lipinski definition) is 2. The van der Waals surface area contributed by atoms with Crippen molar-refractivity contribution in [1.82, 2.24) is 4.90 Å². The first-order valence-corrected chi connectivity index (χ1v) is 7.10. The van der Waals surface area contributed by atoms with Gasteiger partial charge in [0.15, 0.2) is 0 Å². The van der Waals surface area contributed by atoms with Crippen LogP contribution in [0.4, 0.5) is 13.6 Å². The molecule has 1 aromatic rings. The Morgan fingerprint density at radius 1 is 1.29 bits per heavy atom. The number of carbonyl (C=O) groups is 1. The number of likely N-dealkylation sites (tertiary alicyclic amines) is 1. The Bertz CT molecular complexity index is 497. The van der Waals surface area contributed by atoms with Crippen LogP contribution in [-0.4, -0.2) is 35.6 Å². The zero-order chi connectivity index (χ0) is 15.7. The molecule has 1 saturated heterocycles. The summed E-state index contributed by atoms with van der Waals surface area (Å²) in [4.78, 5) is 13.4. The molecular weight excluding hydrogens is 276 g/mol. The zero-order valence-electron chi connectivity index (χ0n) is 12.6. The number of hydrogen-bond donors (Lipinski definition) is 0. The smallest absolute Gasteiger partial charge is 0.410 e. The van der Waals surface area contributed by atoms with Crippen LogP contribution in [-0.2, 0) is 4.74 Å². The average molecular weight is 297 g/mol. The number of halogens is 2. The van der Waals surface area contributed by atoms with Crippen LogP contribution in [0.3, 0.4) is 0 Å². The van der Waals surface area contributed by atoms with Crippen LogP contribution in [0.1, 0.15) is 38.7 Å². The van der Waals surface area contributed by atoms with E-state index in [1.165, 1.54) is 4.90 Å². The number of alkyl halides is 2. The number of amides is 1. The Morgan fingerprint density at radius 3 is 2.48 bits per heavy atom. The molecule has 1 aliphatic rings. The van der Waals surface area contributed by atoms with Crippen molar-refractivity contribution >= 4 is 6.09 Å². The number of carbonyl (C=O) groups excluding carboxylic acids is 1. The number of nitrogens with zero attached hydrogens (tertiary/aromatic N) is 1. The third kappa shape index (κ3) is 3.93. The number of benzene rings is 1. The van der Waals surface area contributed by atoms with Gasteiger partial charge in [-0.1, -0.05) is 30.3 Å². The molecule has 3 nitrogen and oxygen atoms in total. The molecule has 5 heteroatoms. The van der Waals surface area contributed by atoms with Crippen LogP contribution in [0.5, 0.6) is 0 Å². The van der Waals surface area contributed by atoms with E-state index in [2.05, 4.69) is 0 Å². The fraction of sp³-hybridized carbons (Fsp3) is 0.562. The van der Waals surface area contributed by atoms with Crippen LogP contribution in [0.2, 0.25) is 0 Å². The highest BCUT2D eigenvalue weighted by Gasteiger charge is 2.46. The largest absolute Gasteiger partial charge is 0.444 e. The van der Waals surface area contributed by atoms with Gasteiger partial charge in [-0.3, -0.25) is 0 Å². The lowest BCUT2D eigenvalue weighted by Crippen LogP contribution is -2.49. The van der Waals surface area contributed by atoms with Gasteiger partial charge in [-0.05, 0) is 26.3 Å². The van der Waals surface area contributed by atoms with E-state index in [0.29, 0.717) is 5.56 Å². The van der Waals surface area contributed by atoms with Crippen LogP contribution < -0.4 is 0 Å². The summed E-state index contributed by atoms with van der Waals surface area (Å²) in [6.07, 6.45) is -0.870. The maximum absolute atomic E-state index is 14.2. The first-order chi connectivity index (χ1) is 9.69. The molecule has 1 amide bonds. The highest BCUT2D eigenvalue weighted by molar-refractivity contribution is 5.68. The number of ether oxygens (including phenoxy) is 1. The summed E-state index contributed by atoms with van der Waals surface area (Å²) in [6, 6.07) is 8.61. The molecule has 2 rings (SSSR count). The standard InChI is InChI=1S/C16H21F2NO2/c1-15(2,3)21-14(20)19-10-9-16(17,18)13(11-19)12-7-5-4-6-8-12/h4-8,13H,9-11H2,1-3H3. The first kappa shape index (κ1) is 15.7. The highest BCUT2D eigenvalue weighted by Crippen LogP contribution is 2.40.